The van der Waals surface area contributed by atoms with Crippen LogP contribution in [0.2, 0.25) is 0 Å². The number of hydrogen-bond acceptors (Lipinski definition) is 1. The minimum atomic E-state index is -0.661. The molecule has 0 bridgehead atoms. The summed E-state index contributed by atoms with van der Waals surface area (Å²) in [5.41, 5.74) is 0. The van der Waals surface area contributed by atoms with Crippen molar-refractivity contribution >= 4 is 24.7 Å². The summed E-state index contributed by atoms with van der Waals surface area (Å²) in [5, 5.41) is 0. The third-order valence-corrected chi connectivity index (χ3v) is 1.57. The molecule has 0 fully saturated rings. The topological polar surface area (TPSA) is 9.23 Å². The van der Waals surface area contributed by atoms with Gasteiger partial charge in [-0.2, -0.15) is 0 Å². The zero-order valence-electron chi connectivity index (χ0n) is 4.07. The lowest BCUT2D eigenvalue weighted by Gasteiger charge is -2.00. The van der Waals surface area contributed by atoms with Crippen molar-refractivity contribution < 1.29 is 3.79 Å². The summed E-state index contributed by atoms with van der Waals surface area (Å²) >= 11 is -0.661. The molecule has 0 aliphatic heterocycles. The molecule has 1 nitrogen and oxygen atoms in total. The molecule has 0 aliphatic carbocycles. The second kappa shape index (κ2) is 3.96. The van der Waals surface area contributed by atoms with Crippen LogP contribution in [-0.2, 0) is 3.79 Å². The summed E-state index contributed by atoms with van der Waals surface area (Å²) in [7, 11) is 5.31. The molecule has 0 radical (unpaired) electrons. The van der Waals surface area contributed by atoms with Crippen molar-refractivity contribution in [3.63, 3.8) is 0 Å². The van der Waals surface area contributed by atoms with Gasteiger partial charge >= 0.3 is 14.6 Å². The van der Waals surface area contributed by atoms with Crippen LogP contribution >= 0.6 is 10.0 Å². The molecule has 0 aromatic carbocycles. The number of halogens is 1. The van der Waals surface area contributed by atoms with Crippen LogP contribution in [0.1, 0.15) is 13.8 Å². The van der Waals surface area contributed by atoms with Gasteiger partial charge in [0.05, 0.1) is 0 Å². The van der Waals surface area contributed by atoms with E-state index < -0.39 is 14.6 Å². The van der Waals surface area contributed by atoms with Gasteiger partial charge in [0.1, 0.15) is 0 Å². The molecular formula is C3H8AlClO. The van der Waals surface area contributed by atoms with Gasteiger partial charge in [0.25, 0.3) is 0 Å². The quantitative estimate of drug-likeness (QED) is 0.495. The van der Waals surface area contributed by atoms with Crippen LogP contribution in [0, 0.1) is 0 Å². The van der Waals surface area contributed by atoms with Gasteiger partial charge in [-0.15, -0.1) is 0 Å². The molecular weight excluding hydrogens is 114 g/mol. The third kappa shape index (κ3) is 4.78. The smallest absolute Gasteiger partial charge is 0.490 e. The highest BCUT2D eigenvalue weighted by Crippen LogP contribution is 1.84. The zero-order valence-corrected chi connectivity index (χ0v) is 6.24. The molecule has 0 atom stereocenters. The van der Waals surface area contributed by atoms with Gasteiger partial charge < -0.3 is 3.79 Å². The van der Waals surface area contributed by atoms with Crippen molar-refractivity contribution in [2.45, 2.75) is 20.0 Å². The molecule has 0 heterocycles. The van der Waals surface area contributed by atoms with Gasteiger partial charge in [0.2, 0.25) is 0 Å². The second-order valence-electron chi connectivity index (χ2n) is 1.32. The van der Waals surface area contributed by atoms with Crippen LogP contribution < -0.4 is 0 Å². The van der Waals surface area contributed by atoms with Crippen molar-refractivity contribution in [3.8, 4) is 0 Å². The van der Waals surface area contributed by atoms with E-state index in [1.807, 2.05) is 13.8 Å². The van der Waals surface area contributed by atoms with Crippen molar-refractivity contribution in [2.75, 3.05) is 0 Å². The average Bonchev–Trinajstić information content (AvgIpc) is 1.35. The van der Waals surface area contributed by atoms with Crippen molar-refractivity contribution in [3.05, 3.63) is 0 Å². The molecule has 0 unspecified atom stereocenters. The summed E-state index contributed by atoms with van der Waals surface area (Å²) in [6, 6.07) is 0. The molecule has 0 aromatic rings. The van der Waals surface area contributed by atoms with E-state index >= 15 is 0 Å². The summed E-state index contributed by atoms with van der Waals surface area (Å²) in [6.45, 7) is 3.96. The fourth-order valence-corrected chi connectivity index (χ4v) is 1.13. The van der Waals surface area contributed by atoms with Gasteiger partial charge in [-0.3, -0.25) is 0 Å². The van der Waals surface area contributed by atoms with E-state index in [0.717, 1.165) is 0 Å². The normalized spacial score (nSPS) is 9.33. The maximum atomic E-state index is 5.31. The first-order chi connectivity index (χ1) is 2.77. The molecule has 0 N–H and O–H groups in total. The molecule has 0 rings (SSSR count). The first-order valence-corrected chi connectivity index (χ1v) is 4.66. The summed E-state index contributed by atoms with van der Waals surface area (Å²) in [4.78, 5) is 0. The summed E-state index contributed by atoms with van der Waals surface area (Å²) in [5.74, 6) is 0. The largest absolute Gasteiger partial charge is 0.567 e. The van der Waals surface area contributed by atoms with E-state index in [2.05, 4.69) is 0 Å². The van der Waals surface area contributed by atoms with Crippen LogP contribution in [-0.4, -0.2) is 20.7 Å². The summed E-state index contributed by atoms with van der Waals surface area (Å²) in [6.07, 6.45) is 0.328. The van der Waals surface area contributed by atoms with Gasteiger partial charge in [0, 0.05) is 6.10 Å². The van der Waals surface area contributed by atoms with Crippen LogP contribution in [0.25, 0.3) is 0 Å². The maximum absolute atomic E-state index is 5.31. The predicted molar refractivity (Wildman–Crippen MR) is 29.2 cm³/mol. The van der Waals surface area contributed by atoms with Crippen LogP contribution in [0.3, 0.4) is 0 Å². The molecule has 0 saturated heterocycles. The van der Waals surface area contributed by atoms with E-state index in [4.69, 9.17) is 13.8 Å². The molecule has 36 valence electrons. The minimum absolute atomic E-state index is 0.328. The van der Waals surface area contributed by atoms with Crippen LogP contribution in [0.5, 0.6) is 0 Å². The Balaban J connectivity index is 2.63. The fourth-order valence-electron chi connectivity index (χ4n) is 0.126. The Morgan fingerprint density at radius 2 is 2.17 bits per heavy atom. The Hall–Kier alpha value is 0.782. The minimum Gasteiger partial charge on any atom is -0.490 e. The Morgan fingerprint density at radius 1 is 1.67 bits per heavy atom. The number of rotatable bonds is 2. The third-order valence-electron chi connectivity index (χ3n) is 0.396. The highest BCUT2D eigenvalue weighted by Gasteiger charge is 1.89. The Bertz CT molecular complexity index is 32.0. The first kappa shape index (κ1) is 6.78. The van der Waals surface area contributed by atoms with Gasteiger partial charge in [0.15, 0.2) is 0 Å². The van der Waals surface area contributed by atoms with E-state index in [-0.39, 0.29) is 0 Å². The van der Waals surface area contributed by atoms with Crippen molar-refractivity contribution in [1.29, 1.82) is 0 Å². The standard InChI is InChI=1S/C3H7O.Al.ClH.H/c1-3(2)4;;;/h3H,1-2H3;;1H;/q-1;+2;;/p-1. The van der Waals surface area contributed by atoms with Crippen molar-refractivity contribution in [2.24, 2.45) is 0 Å². The lowest BCUT2D eigenvalue weighted by molar-refractivity contribution is 0.263. The zero-order chi connectivity index (χ0) is 4.99. The van der Waals surface area contributed by atoms with Crippen LogP contribution in [0.15, 0.2) is 0 Å². The molecule has 0 spiro atoms. The second-order valence-corrected chi connectivity index (χ2v) is 2.53. The Labute approximate surface area is 48.9 Å². The van der Waals surface area contributed by atoms with E-state index in [1.165, 1.54) is 0 Å². The first-order valence-electron chi connectivity index (χ1n) is 1.95. The highest BCUT2D eigenvalue weighted by molar-refractivity contribution is 6.89. The lowest BCUT2D eigenvalue weighted by Crippen LogP contribution is -2.01. The summed E-state index contributed by atoms with van der Waals surface area (Å²) < 4.78 is 4.95. The van der Waals surface area contributed by atoms with E-state index in [0.29, 0.717) is 6.10 Å². The SMILES string of the molecule is CC(C)[O][AlH][Cl]. The van der Waals surface area contributed by atoms with Gasteiger partial charge in [-0.1, -0.05) is 0 Å². The average molecular weight is 123 g/mol. The fraction of sp³-hybridized carbons (Fsp3) is 1.00. The molecule has 0 saturated carbocycles. The Kier molecular flexibility index (Phi) is 4.47. The molecule has 0 aromatic heterocycles. The van der Waals surface area contributed by atoms with Crippen LogP contribution in [0.4, 0.5) is 0 Å². The van der Waals surface area contributed by atoms with E-state index in [1.54, 1.807) is 0 Å². The van der Waals surface area contributed by atoms with Crippen molar-refractivity contribution in [1.82, 2.24) is 0 Å². The molecule has 0 aliphatic rings. The molecule has 6 heavy (non-hydrogen) atoms. The number of hydrogen-bond donors (Lipinski definition) is 0. The molecule has 0 amide bonds. The predicted octanol–water partition coefficient (Wildman–Crippen LogP) is 0.917. The highest BCUT2D eigenvalue weighted by atomic mass is 35.6. The Morgan fingerprint density at radius 3 is 2.17 bits per heavy atom. The van der Waals surface area contributed by atoms with E-state index in [9.17, 15) is 0 Å². The maximum Gasteiger partial charge on any atom is 0.567 e. The lowest BCUT2D eigenvalue weighted by atomic mass is 10.5. The molecule has 3 heteroatoms. The van der Waals surface area contributed by atoms with Gasteiger partial charge in [-0.05, 0) is 13.8 Å². The monoisotopic (exact) mass is 122 g/mol. The van der Waals surface area contributed by atoms with Gasteiger partial charge in [-0.25, -0.2) is 10.0 Å².